The molecule has 0 saturated carbocycles. The molecule has 0 aliphatic heterocycles. The number of ether oxygens (including phenoxy) is 1. The summed E-state index contributed by atoms with van der Waals surface area (Å²) in [5, 5.41) is 9.24. The van der Waals surface area contributed by atoms with Gasteiger partial charge in [-0.05, 0) is 25.5 Å². The molecule has 0 spiro atoms. The molecule has 0 heterocycles. The van der Waals surface area contributed by atoms with Gasteiger partial charge < -0.3 is 14.7 Å². The summed E-state index contributed by atoms with van der Waals surface area (Å²) in [5.74, 6) is -0.892. The van der Waals surface area contributed by atoms with E-state index in [1.807, 2.05) is 12.1 Å². The lowest BCUT2D eigenvalue weighted by Gasteiger charge is -2.31. The highest BCUT2D eigenvalue weighted by Crippen LogP contribution is 2.23. The lowest BCUT2D eigenvalue weighted by Crippen LogP contribution is -2.36. The molecule has 4 heteroatoms. The van der Waals surface area contributed by atoms with E-state index in [9.17, 15) is 9.90 Å². The van der Waals surface area contributed by atoms with Gasteiger partial charge in [-0.25, -0.2) is 4.79 Å². The Morgan fingerprint density at radius 2 is 2.11 bits per heavy atom. The van der Waals surface area contributed by atoms with Gasteiger partial charge in [0.15, 0.2) is 0 Å². The maximum atomic E-state index is 11.3. The zero-order chi connectivity index (χ0) is 13.5. The van der Waals surface area contributed by atoms with Crippen LogP contribution in [0, 0.1) is 0 Å². The van der Waals surface area contributed by atoms with Crippen LogP contribution in [0.5, 0.6) is 0 Å². The first kappa shape index (κ1) is 14.5. The zero-order valence-electron chi connectivity index (χ0n) is 11.2. The van der Waals surface area contributed by atoms with Crippen molar-refractivity contribution < 1.29 is 14.6 Å². The predicted octanol–water partition coefficient (Wildman–Crippen LogP) is 2.64. The molecule has 1 unspecified atom stereocenters. The van der Waals surface area contributed by atoms with Crippen molar-refractivity contribution in [1.82, 2.24) is 0 Å². The molecular formula is C14H21NO3. The second kappa shape index (κ2) is 7.01. The predicted molar refractivity (Wildman–Crippen MR) is 72.4 cm³/mol. The van der Waals surface area contributed by atoms with Crippen molar-refractivity contribution in [3.05, 3.63) is 29.8 Å². The molecule has 0 aromatic heterocycles. The first-order valence-electron chi connectivity index (χ1n) is 6.19. The van der Waals surface area contributed by atoms with Crippen LogP contribution < -0.4 is 4.90 Å². The highest BCUT2D eigenvalue weighted by atomic mass is 16.5. The number of methoxy groups -OCH3 is 1. The van der Waals surface area contributed by atoms with Crippen molar-refractivity contribution in [2.24, 2.45) is 0 Å². The Bertz CT molecular complexity index is 392. The van der Waals surface area contributed by atoms with Crippen LogP contribution in [-0.2, 0) is 4.74 Å². The van der Waals surface area contributed by atoms with E-state index < -0.39 is 5.97 Å². The van der Waals surface area contributed by atoms with Crippen LogP contribution in [0.25, 0.3) is 0 Å². The van der Waals surface area contributed by atoms with Crippen LogP contribution in [0.3, 0.4) is 0 Å². The number of benzene rings is 1. The molecule has 1 atom stereocenters. The standard InChI is InChI=1S/C14H21NO3/c1-4-11(2)15(9-10-18-3)13-8-6-5-7-12(13)14(16)17/h5-8,11H,4,9-10H2,1-3H3,(H,16,17). The summed E-state index contributed by atoms with van der Waals surface area (Å²) in [4.78, 5) is 13.3. The van der Waals surface area contributed by atoms with Crippen molar-refractivity contribution in [2.45, 2.75) is 26.3 Å². The van der Waals surface area contributed by atoms with Gasteiger partial charge in [-0.3, -0.25) is 0 Å². The Morgan fingerprint density at radius 3 is 2.67 bits per heavy atom. The van der Waals surface area contributed by atoms with E-state index in [-0.39, 0.29) is 6.04 Å². The largest absolute Gasteiger partial charge is 0.478 e. The third-order valence-corrected chi connectivity index (χ3v) is 3.10. The Balaban J connectivity index is 3.07. The highest BCUT2D eigenvalue weighted by Gasteiger charge is 2.18. The molecule has 0 amide bonds. The van der Waals surface area contributed by atoms with Crippen molar-refractivity contribution in [1.29, 1.82) is 0 Å². The lowest BCUT2D eigenvalue weighted by atomic mass is 10.1. The number of hydrogen-bond donors (Lipinski definition) is 1. The molecule has 1 aromatic rings. The summed E-state index contributed by atoms with van der Waals surface area (Å²) in [5.41, 5.74) is 1.10. The minimum atomic E-state index is -0.892. The number of hydrogen-bond acceptors (Lipinski definition) is 3. The maximum Gasteiger partial charge on any atom is 0.337 e. The Kier molecular flexibility index (Phi) is 5.65. The van der Waals surface area contributed by atoms with E-state index in [0.29, 0.717) is 18.7 Å². The second-order valence-corrected chi connectivity index (χ2v) is 4.27. The molecule has 18 heavy (non-hydrogen) atoms. The number of para-hydroxylation sites is 1. The van der Waals surface area contributed by atoms with Gasteiger partial charge in [0, 0.05) is 19.7 Å². The fourth-order valence-electron chi connectivity index (χ4n) is 1.89. The first-order chi connectivity index (χ1) is 8.61. The van der Waals surface area contributed by atoms with E-state index in [0.717, 1.165) is 12.1 Å². The van der Waals surface area contributed by atoms with Gasteiger partial charge in [0.1, 0.15) is 0 Å². The van der Waals surface area contributed by atoms with Gasteiger partial charge in [-0.2, -0.15) is 0 Å². The van der Waals surface area contributed by atoms with E-state index in [2.05, 4.69) is 18.7 Å². The SMILES string of the molecule is CCC(C)N(CCOC)c1ccccc1C(=O)O. The van der Waals surface area contributed by atoms with Crippen molar-refractivity contribution in [3.8, 4) is 0 Å². The molecule has 1 rings (SSSR count). The number of anilines is 1. The molecule has 0 saturated heterocycles. The Labute approximate surface area is 108 Å². The highest BCUT2D eigenvalue weighted by molar-refractivity contribution is 5.94. The molecule has 1 aromatic carbocycles. The number of aromatic carboxylic acids is 1. The van der Waals surface area contributed by atoms with Crippen LogP contribution in [0.4, 0.5) is 5.69 Å². The molecule has 1 N–H and O–H groups in total. The molecule has 0 bridgehead atoms. The number of carboxylic acids is 1. The van der Waals surface area contributed by atoms with Crippen LogP contribution >= 0.6 is 0 Å². The fraction of sp³-hybridized carbons (Fsp3) is 0.500. The van der Waals surface area contributed by atoms with Crippen LogP contribution in [0.15, 0.2) is 24.3 Å². The molecule has 100 valence electrons. The summed E-state index contributed by atoms with van der Waals surface area (Å²) >= 11 is 0. The van der Waals surface area contributed by atoms with E-state index >= 15 is 0 Å². The third-order valence-electron chi connectivity index (χ3n) is 3.10. The number of carbonyl (C=O) groups is 1. The van der Waals surface area contributed by atoms with E-state index in [1.54, 1.807) is 19.2 Å². The first-order valence-corrected chi connectivity index (χ1v) is 6.19. The van der Waals surface area contributed by atoms with Crippen LogP contribution in [-0.4, -0.2) is 37.4 Å². The number of nitrogens with zero attached hydrogens (tertiary/aromatic N) is 1. The topological polar surface area (TPSA) is 49.8 Å². The van der Waals surface area contributed by atoms with Crippen molar-refractivity contribution in [3.63, 3.8) is 0 Å². The molecule has 0 fully saturated rings. The average Bonchev–Trinajstić information content (AvgIpc) is 2.39. The average molecular weight is 251 g/mol. The van der Waals surface area contributed by atoms with Crippen LogP contribution in [0.1, 0.15) is 30.6 Å². The van der Waals surface area contributed by atoms with Crippen molar-refractivity contribution in [2.75, 3.05) is 25.2 Å². The smallest absolute Gasteiger partial charge is 0.337 e. The Hall–Kier alpha value is -1.55. The summed E-state index contributed by atoms with van der Waals surface area (Å²) in [6.07, 6.45) is 0.956. The second-order valence-electron chi connectivity index (χ2n) is 4.27. The summed E-state index contributed by atoms with van der Waals surface area (Å²) in [6, 6.07) is 7.38. The third kappa shape index (κ3) is 3.47. The van der Waals surface area contributed by atoms with Gasteiger partial charge in [-0.15, -0.1) is 0 Å². The maximum absolute atomic E-state index is 11.3. The fourth-order valence-corrected chi connectivity index (χ4v) is 1.89. The summed E-state index contributed by atoms with van der Waals surface area (Å²) in [6.45, 7) is 5.45. The minimum absolute atomic E-state index is 0.278. The Morgan fingerprint density at radius 1 is 1.44 bits per heavy atom. The molecule has 0 aliphatic rings. The van der Waals surface area contributed by atoms with Gasteiger partial charge in [0.05, 0.1) is 17.9 Å². The molecule has 4 nitrogen and oxygen atoms in total. The monoisotopic (exact) mass is 251 g/mol. The summed E-state index contributed by atoms with van der Waals surface area (Å²) < 4.78 is 5.10. The normalized spacial score (nSPS) is 12.2. The molecular weight excluding hydrogens is 230 g/mol. The zero-order valence-corrected chi connectivity index (χ0v) is 11.2. The van der Waals surface area contributed by atoms with Gasteiger partial charge in [0.2, 0.25) is 0 Å². The van der Waals surface area contributed by atoms with Gasteiger partial charge in [0.25, 0.3) is 0 Å². The quantitative estimate of drug-likeness (QED) is 0.809. The number of carboxylic acid groups (broad SMARTS) is 1. The number of rotatable bonds is 7. The van der Waals surface area contributed by atoms with Gasteiger partial charge in [-0.1, -0.05) is 19.1 Å². The lowest BCUT2D eigenvalue weighted by molar-refractivity contribution is 0.0697. The van der Waals surface area contributed by atoms with Crippen LogP contribution in [0.2, 0.25) is 0 Å². The van der Waals surface area contributed by atoms with Crippen molar-refractivity contribution >= 4 is 11.7 Å². The summed E-state index contributed by atoms with van der Waals surface area (Å²) in [7, 11) is 1.65. The van der Waals surface area contributed by atoms with Gasteiger partial charge >= 0.3 is 5.97 Å². The van der Waals surface area contributed by atoms with E-state index in [1.165, 1.54) is 0 Å². The van der Waals surface area contributed by atoms with E-state index in [4.69, 9.17) is 4.74 Å². The molecule has 0 radical (unpaired) electrons. The minimum Gasteiger partial charge on any atom is -0.478 e. The molecule has 0 aliphatic carbocycles.